The van der Waals surface area contributed by atoms with E-state index in [-0.39, 0.29) is 44.4 Å². The van der Waals surface area contributed by atoms with Crippen LogP contribution in [0.2, 0.25) is 5.02 Å². The summed E-state index contributed by atoms with van der Waals surface area (Å²) in [5, 5.41) is 11.5. The second-order valence-corrected chi connectivity index (χ2v) is 5.13. The van der Waals surface area contributed by atoms with Crippen molar-refractivity contribution >= 4 is 35.1 Å². The number of nitrogens with one attached hydrogen (secondary N) is 1. The van der Waals surface area contributed by atoms with E-state index < -0.39 is 5.97 Å². The van der Waals surface area contributed by atoms with Crippen LogP contribution in [0.5, 0.6) is 5.75 Å². The van der Waals surface area contributed by atoms with Crippen LogP contribution in [0, 0.1) is 0 Å². The van der Waals surface area contributed by atoms with Crippen molar-refractivity contribution in [2.24, 2.45) is 0 Å². The molecule has 0 unspecified atom stereocenters. The van der Waals surface area contributed by atoms with Gasteiger partial charge in [0.05, 0.1) is 12.1 Å². The van der Waals surface area contributed by atoms with Gasteiger partial charge in [0.1, 0.15) is 5.75 Å². The highest BCUT2D eigenvalue weighted by atomic mass is 35.5. The number of halogens is 1. The first-order chi connectivity index (χ1) is 10.5. The van der Waals surface area contributed by atoms with Crippen LogP contribution in [0.15, 0.2) is 18.2 Å². The Morgan fingerprint density at radius 2 is 2.14 bits per heavy atom. The van der Waals surface area contributed by atoms with E-state index in [1.165, 1.54) is 4.90 Å². The Morgan fingerprint density at radius 1 is 1.36 bits per heavy atom. The van der Waals surface area contributed by atoms with Crippen LogP contribution in [0.1, 0.15) is 12.8 Å². The molecule has 8 heteroatoms. The molecule has 0 saturated heterocycles. The van der Waals surface area contributed by atoms with Crippen molar-refractivity contribution in [1.29, 1.82) is 0 Å². The van der Waals surface area contributed by atoms with E-state index >= 15 is 0 Å². The van der Waals surface area contributed by atoms with Gasteiger partial charge in [0, 0.05) is 24.5 Å². The van der Waals surface area contributed by atoms with Crippen molar-refractivity contribution in [3.05, 3.63) is 23.2 Å². The minimum Gasteiger partial charge on any atom is -0.482 e. The molecule has 2 amide bonds. The summed E-state index contributed by atoms with van der Waals surface area (Å²) in [4.78, 5) is 35.4. The standard InChI is InChI=1S/C14H15ClN2O5/c15-9-1-2-11-10(7-9)17(13(19)8-22-11)6-4-12(18)16-5-3-14(20)21/h1-2,7H,3-6,8H2,(H,16,18)(H,20,21). The Hall–Kier alpha value is -2.28. The molecular weight excluding hydrogens is 312 g/mol. The number of carboxylic acids is 1. The van der Waals surface area contributed by atoms with Crippen LogP contribution in [0.4, 0.5) is 5.69 Å². The van der Waals surface area contributed by atoms with Gasteiger partial charge in [0.2, 0.25) is 5.91 Å². The van der Waals surface area contributed by atoms with Crippen LogP contribution in [0.3, 0.4) is 0 Å². The lowest BCUT2D eigenvalue weighted by Gasteiger charge is -2.29. The number of nitrogens with zero attached hydrogens (tertiary/aromatic N) is 1. The van der Waals surface area contributed by atoms with Crippen molar-refractivity contribution in [3.8, 4) is 5.75 Å². The maximum atomic E-state index is 11.9. The normalized spacial score (nSPS) is 13.3. The number of hydrogen-bond donors (Lipinski definition) is 2. The number of aliphatic carboxylic acids is 1. The molecule has 1 aliphatic heterocycles. The summed E-state index contributed by atoms with van der Waals surface area (Å²) in [6, 6.07) is 4.94. The lowest BCUT2D eigenvalue weighted by Crippen LogP contribution is -2.41. The molecule has 0 fully saturated rings. The summed E-state index contributed by atoms with van der Waals surface area (Å²) >= 11 is 5.92. The third-order valence-corrected chi connectivity index (χ3v) is 3.32. The highest BCUT2D eigenvalue weighted by Crippen LogP contribution is 2.34. The van der Waals surface area contributed by atoms with E-state index in [1.807, 2.05) is 0 Å². The van der Waals surface area contributed by atoms with Gasteiger partial charge in [-0.2, -0.15) is 0 Å². The van der Waals surface area contributed by atoms with E-state index in [0.29, 0.717) is 16.5 Å². The molecule has 7 nitrogen and oxygen atoms in total. The Morgan fingerprint density at radius 3 is 2.86 bits per heavy atom. The first-order valence-electron chi connectivity index (χ1n) is 6.68. The Kier molecular flexibility index (Phi) is 5.21. The smallest absolute Gasteiger partial charge is 0.305 e. The van der Waals surface area contributed by atoms with Gasteiger partial charge in [-0.15, -0.1) is 0 Å². The minimum atomic E-state index is -0.979. The first kappa shape index (κ1) is 16.1. The van der Waals surface area contributed by atoms with Gasteiger partial charge in [-0.1, -0.05) is 11.6 Å². The zero-order chi connectivity index (χ0) is 16.1. The van der Waals surface area contributed by atoms with Gasteiger partial charge in [-0.3, -0.25) is 14.4 Å². The van der Waals surface area contributed by atoms with E-state index in [1.54, 1.807) is 18.2 Å². The molecule has 1 aliphatic rings. The summed E-state index contributed by atoms with van der Waals surface area (Å²) in [6.45, 7) is 0.150. The summed E-state index contributed by atoms with van der Waals surface area (Å²) in [5.41, 5.74) is 0.530. The second kappa shape index (κ2) is 7.13. The van der Waals surface area contributed by atoms with E-state index in [2.05, 4.69) is 5.32 Å². The number of anilines is 1. The molecule has 0 bridgehead atoms. The van der Waals surface area contributed by atoms with Gasteiger partial charge < -0.3 is 20.1 Å². The maximum absolute atomic E-state index is 11.9. The van der Waals surface area contributed by atoms with Gasteiger partial charge >= 0.3 is 5.97 Å². The molecule has 1 aromatic rings. The van der Waals surface area contributed by atoms with Crippen molar-refractivity contribution < 1.29 is 24.2 Å². The topological polar surface area (TPSA) is 95.9 Å². The number of carbonyl (C=O) groups excluding carboxylic acids is 2. The Balaban J connectivity index is 1.95. The fourth-order valence-electron chi connectivity index (χ4n) is 2.03. The third-order valence-electron chi connectivity index (χ3n) is 3.09. The van der Waals surface area contributed by atoms with Gasteiger partial charge in [0.25, 0.3) is 5.91 Å². The number of carboxylic acid groups (broad SMARTS) is 1. The Labute approximate surface area is 131 Å². The van der Waals surface area contributed by atoms with Crippen molar-refractivity contribution in [2.75, 3.05) is 24.6 Å². The molecule has 0 saturated carbocycles. The second-order valence-electron chi connectivity index (χ2n) is 4.69. The molecule has 22 heavy (non-hydrogen) atoms. The van der Waals surface area contributed by atoms with Crippen LogP contribution < -0.4 is 15.0 Å². The Bertz CT molecular complexity index is 605. The van der Waals surface area contributed by atoms with Crippen molar-refractivity contribution in [1.82, 2.24) is 5.32 Å². The van der Waals surface area contributed by atoms with E-state index in [9.17, 15) is 14.4 Å². The number of hydrogen-bond acceptors (Lipinski definition) is 4. The fourth-order valence-corrected chi connectivity index (χ4v) is 2.20. The molecule has 118 valence electrons. The largest absolute Gasteiger partial charge is 0.482 e. The average molecular weight is 327 g/mol. The fraction of sp³-hybridized carbons (Fsp3) is 0.357. The highest BCUT2D eigenvalue weighted by Gasteiger charge is 2.26. The number of ether oxygens (including phenoxy) is 1. The maximum Gasteiger partial charge on any atom is 0.305 e. The molecule has 0 atom stereocenters. The number of amides is 2. The van der Waals surface area contributed by atoms with Crippen molar-refractivity contribution in [2.45, 2.75) is 12.8 Å². The lowest BCUT2D eigenvalue weighted by molar-refractivity contribution is -0.137. The number of carbonyl (C=O) groups is 3. The number of rotatable bonds is 6. The highest BCUT2D eigenvalue weighted by molar-refractivity contribution is 6.31. The molecule has 0 aliphatic carbocycles. The SMILES string of the molecule is O=C(O)CCNC(=O)CCN1C(=O)COc2ccc(Cl)cc21. The zero-order valence-corrected chi connectivity index (χ0v) is 12.4. The first-order valence-corrected chi connectivity index (χ1v) is 7.06. The quantitative estimate of drug-likeness (QED) is 0.814. The molecule has 0 aromatic heterocycles. The molecule has 1 aromatic carbocycles. The summed E-state index contributed by atoms with van der Waals surface area (Å²) < 4.78 is 5.30. The lowest BCUT2D eigenvalue weighted by atomic mass is 10.2. The zero-order valence-electron chi connectivity index (χ0n) is 11.7. The summed E-state index contributed by atoms with van der Waals surface area (Å²) in [6.07, 6.45) is -0.0714. The molecule has 2 rings (SSSR count). The van der Waals surface area contributed by atoms with Crippen LogP contribution in [-0.4, -0.2) is 42.6 Å². The number of benzene rings is 1. The summed E-state index contributed by atoms with van der Waals surface area (Å²) in [5.74, 6) is -1.01. The van der Waals surface area contributed by atoms with Gasteiger partial charge in [0.15, 0.2) is 6.61 Å². The predicted molar refractivity (Wildman–Crippen MR) is 79.2 cm³/mol. The molecule has 0 spiro atoms. The monoisotopic (exact) mass is 326 g/mol. The minimum absolute atomic E-state index is 0.0631. The molecule has 1 heterocycles. The predicted octanol–water partition coefficient (Wildman–Crippen LogP) is 1.05. The molecule has 0 radical (unpaired) electrons. The van der Waals surface area contributed by atoms with Crippen molar-refractivity contribution in [3.63, 3.8) is 0 Å². The average Bonchev–Trinajstić information content (AvgIpc) is 2.45. The third kappa shape index (κ3) is 4.11. The molecule has 2 N–H and O–H groups in total. The van der Waals surface area contributed by atoms with E-state index in [0.717, 1.165) is 0 Å². The van der Waals surface area contributed by atoms with E-state index in [4.69, 9.17) is 21.4 Å². The van der Waals surface area contributed by atoms with Crippen LogP contribution >= 0.6 is 11.6 Å². The van der Waals surface area contributed by atoms with Crippen LogP contribution in [0.25, 0.3) is 0 Å². The van der Waals surface area contributed by atoms with Gasteiger partial charge in [-0.25, -0.2) is 0 Å². The van der Waals surface area contributed by atoms with Crippen LogP contribution in [-0.2, 0) is 14.4 Å². The van der Waals surface area contributed by atoms with Gasteiger partial charge in [-0.05, 0) is 18.2 Å². The molecular formula is C14H15ClN2O5. The summed E-state index contributed by atoms with van der Waals surface area (Å²) in [7, 11) is 0. The number of fused-ring (bicyclic) bond motifs is 1.